The van der Waals surface area contributed by atoms with E-state index in [2.05, 4.69) is 5.32 Å². The van der Waals surface area contributed by atoms with Crippen LogP contribution in [0.25, 0.3) is 0 Å². The van der Waals surface area contributed by atoms with E-state index in [9.17, 15) is 22.8 Å². The Bertz CT molecular complexity index is 781. The molecule has 2 rings (SSSR count). The van der Waals surface area contributed by atoms with Crippen LogP contribution in [0, 0.1) is 17.5 Å². The Kier molecular flexibility index (Phi) is 6.16. The van der Waals surface area contributed by atoms with Crippen molar-refractivity contribution in [1.29, 1.82) is 0 Å². The molecule has 0 bridgehead atoms. The van der Waals surface area contributed by atoms with Gasteiger partial charge in [-0.25, -0.2) is 13.2 Å². The van der Waals surface area contributed by atoms with Gasteiger partial charge in [0.05, 0.1) is 12.1 Å². The van der Waals surface area contributed by atoms with Crippen LogP contribution < -0.4 is 10.2 Å². The average molecular weight is 350 g/mol. The number of nitrogens with one attached hydrogen (secondary N) is 1. The van der Waals surface area contributed by atoms with E-state index < -0.39 is 29.3 Å². The van der Waals surface area contributed by atoms with Gasteiger partial charge in [0.15, 0.2) is 0 Å². The molecule has 0 saturated carbocycles. The van der Waals surface area contributed by atoms with Crippen molar-refractivity contribution < 1.29 is 22.8 Å². The van der Waals surface area contributed by atoms with E-state index in [1.807, 2.05) is 0 Å². The van der Waals surface area contributed by atoms with Gasteiger partial charge < -0.3 is 10.2 Å². The Hall–Kier alpha value is -2.83. The zero-order chi connectivity index (χ0) is 18.4. The molecule has 0 aromatic heterocycles. The molecule has 7 heteroatoms. The van der Waals surface area contributed by atoms with Crippen LogP contribution >= 0.6 is 0 Å². The van der Waals surface area contributed by atoms with Crippen LogP contribution in [0.15, 0.2) is 42.5 Å². The molecular formula is C18H17F3N2O2. The summed E-state index contributed by atoms with van der Waals surface area (Å²) in [7, 11) is 0. The minimum absolute atomic E-state index is 0.000890. The second kappa shape index (κ2) is 8.32. The van der Waals surface area contributed by atoms with Gasteiger partial charge in [-0.2, -0.15) is 0 Å². The molecule has 1 N–H and O–H groups in total. The minimum Gasteiger partial charge on any atom is -0.354 e. The Morgan fingerprint density at radius 1 is 1.04 bits per heavy atom. The molecule has 132 valence electrons. The molecule has 0 heterocycles. The lowest BCUT2D eigenvalue weighted by Crippen LogP contribution is -2.38. The third kappa shape index (κ3) is 5.07. The maximum absolute atomic E-state index is 13.8. The fourth-order valence-electron chi connectivity index (χ4n) is 2.33. The van der Waals surface area contributed by atoms with Gasteiger partial charge in [0.1, 0.15) is 17.5 Å². The van der Waals surface area contributed by atoms with Crippen molar-refractivity contribution >= 4 is 17.5 Å². The largest absolute Gasteiger partial charge is 0.354 e. The van der Waals surface area contributed by atoms with Crippen LogP contribution in [0.2, 0.25) is 0 Å². The second-order valence-corrected chi connectivity index (χ2v) is 5.38. The number of nitrogens with zero attached hydrogens (tertiary/aromatic N) is 1. The number of carbonyl (C=O) groups excluding carboxylic acids is 2. The average Bonchev–Trinajstić information content (AvgIpc) is 2.54. The van der Waals surface area contributed by atoms with Crippen LogP contribution in [0.3, 0.4) is 0 Å². The number of hydrogen-bond acceptors (Lipinski definition) is 2. The zero-order valence-corrected chi connectivity index (χ0v) is 13.6. The summed E-state index contributed by atoms with van der Waals surface area (Å²) in [5, 5.41) is 2.55. The van der Waals surface area contributed by atoms with Gasteiger partial charge in [0.2, 0.25) is 11.8 Å². The quantitative estimate of drug-likeness (QED) is 0.871. The van der Waals surface area contributed by atoms with Gasteiger partial charge in [-0.05, 0) is 23.8 Å². The summed E-state index contributed by atoms with van der Waals surface area (Å²) in [5.74, 6) is -2.96. The molecule has 0 aliphatic carbocycles. The lowest BCUT2D eigenvalue weighted by atomic mass is 10.1. The predicted octanol–water partition coefficient (Wildman–Crippen LogP) is 2.82. The lowest BCUT2D eigenvalue weighted by molar-refractivity contribution is -0.121. The minimum atomic E-state index is -0.868. The summed E-state index contributed by atoms with van der Waals surface area (Å²) in [5.41, 5.74) is 0.185. The van der Waals surface area contributed by atoms with Gasteiger partial charge in [0.25, 0.3) is 0 Å². The normalized spacial score (nSPS) is 10.4. The Balaban J connectivity index is 1.94. The number of carbonyl (C=O) groups is 2. The van der Waals surface area contributed by atoms with Crippen LogP contribution in [-0.2, 0) is 16.0 Å². The smallest absolute Gasteiger partial charge is 0.224 e. The van der Waals surface area contributed by atoms with Crippen molar-refractivity contribution in [3.63, 3.8) is 0 Å². The molecule has 0 aliphatic heterocycles. The van der Waals surface area contributed by atoms with Crippen LogP contribution in [0.5, 0.6) is 0 Å². The van der Waals surface area contributed by atoms with E-state index in [4.69, 9.17) is 0 Å². The van der Waals surface area contributed by atoms with E-state index in [1.54, 1.807) is 6.07 Å². The third-order valence-corrected chi connectivity index (χ3v) is 3.55. The van der Waals surface area contributed by atoms with Crippen molar-refractivity contribution in [2.45, 2.75) is 13.3 Å². The highest BCUT2D eigenvalue weighted by molar-refractivity contribution is 5.91. The summed E-state index contributed by atoms with van der Waals surface area (Å²) >= 11 is 0. The summed E-state index contributed by atoms with van der Waals surface area (Å²) < 4.78 is 40.3. The molecule has 0 saturated heterocycles. The molecule has 2 aromatic carbocycles. The standard InChI is InChI=1S/C18H17F3N2O2/c1-12(24)23(17-7-6-14(19)11-16(17)21)9-8-22-18(25)10-13-4-2-3-5-15(13)20/h2-7,11H,8-10H2,1H3,(H,22,25). The van der Waals surface area contributed by atoms with E-state index >= 15 is 0 Å². The molecule has 2 aromatic rings. The van der Waals surface area contributed by atoms with Gasteiger partial charge in [0, 0.05) is 26.1 Å². The summed E-state index contributed by atoms with van der Waals surface area (Å²) in [6.07, 6.45) is -0.141. The Labute approximate surface area is 143 Å². The first-order valence-electron chi connectivity index (χ1n) is 7.61. The molecule has 0 atom stereocenters. The summed E-state index contributed by atoms with van der Waals surface area (Å²) in [6, 6.07) is 8.81. The summed E-state index contributed by atoms with van der Waals surface area (Å²) in [6.45, 7) is 1.29. The number of amides is 2. The number of rotatable bonds is 6. The third-order valence-electron chi connectivity index (χ3n) is 3.55. The van der Waals surface area contributed by atoms with Gasteiger partial charge >= 0.3 is 0 Å². The highest BCUT2D eigenvalue weighted by Crippen LogP contribution is 2.20. The first-order valence-corrected chi connectivity index (χ1v) is 7.61. The van der Waals surface area contributed by atoms with Crippen LogP contribution in [-0.4, -0.2) is 24.9 Å². The first kappa shape index (κ1) is 18.5. The van der Waals surface area contributed by atoms with Gasteiger partial charge in [-0.15, -0.1) is 0 Å². The molecule has 4 nitrogen and oxygen atoms in total. The van der Waals surface area contributed by atoms with Crippen molar-refractivity contribution in [2.24, 2.45) is 0 Å². The summed E-state index contributed by atoms with van der Waals surface area (Å²) in [4.78, 5) is 24.7. The highest BCUT2D eigenvalue weighted by Gasteiger charge is 2.16. The van der Waals surface area contributed by atoms with E-state index in [1.165, 1.54) is 25.1 Å². The number of anilines is 1. The highest BCUT2D eigenvalue weighted by atomic mass is 19.1. The Morgan fingerprint density at radius 2 is 1.76 bits per heavy atom. The SMILES string of the molecule is CC(=O)N(CCNC(=O)Cc1ccccc1F)c1ccc(F)cc1F. The molecular weight excluding hydrogens is 333 g/mol. The Morgan fingerprint density at radius 3 is 2.40 bits per heavy atom. The number of benzene rings is 2. The van der Waals surface area contributed by atoms with Crippen LogP contribution in [0.4, 0.5) is 18.9 Å². The monoisotopic (exact) mass is 350 g/mol. The van der Waals surface area contributed by atoms with Gasteiger partial charge in [-0.3, -0.25) is 9.59 Å². The van der Waals surface area contributed by atoms with E-state index in [-0.39, 0.29) is 30.8 Å². The van der Waals surface area contributed by atoms with Crippen molar-refractivity contribution in [1.82, 2.24) is 5.32 Å². The number of hydrogen-bond donors (Lipinski definition) is 1. The molecule has 0 spiro atoms. The van der Waals surface area contributed by atoms with E-state index in [0.29, 0.717) is 6.07 Å². The van der Waals surface area contributed by atoms with Gasteiger partial charge in [-0.1, -0.05) is 18.2 Å². The van der Waals surface area contributed by atoms with Crippen molar-refractivity contribution in [2.75, 3.05) is 18.0 Å². The lowest BCUT2D eigenvalue weighted by Gasteiger charge is -2.22. The van der Waals surface area contributed by atoms with Crippen LogP contribution in [0.1, 0.15) is 12.5 Å². The molecule has 25 heavy (non-hydrogen) atoms. The molecule has 0 aliphatic rings. The van der Waals surface area contributed by atoms with Crippen molar-refractivity contribution in [3.05, 3.63) is 65.5 Å². The fraction of sp³-hybridized carbons (Fsp3) is 0.222. The van der Waals surface area contributed by atoms with E-state index in [0.717, 1.165) is 17.0 Å². The molecule has 2 amide bonds. The maximum atomic E-state index is 13.8. The second-order valence-electron chi connectivity index (χ2n) is 5.38. The number of halogens is 3. The predicted molar refractivity (Wildman–Crippen MR) is 87.5 cm³/mol. The molecule has 0 unspecified atom stereocenters. The molecule has 0 radical (unpaired) electrons. The first-order chi connectivity index (χ1) is 11.9. The maximum Gasteiger partial charge on any atom is 0.224 e. The topological polar surface area (TPSA) is 49.4 Å². The van der Waals surface area contributed by atoms with Crippen molar-refractivity contribution in [3.8, 4) is 0 Å². The fourth-order valence-corrected chi connectivity index (χ4v) is 2.33. The zero-order valence-electron chi connectivity index (χ0n) is 13.6. The molecule has 0 fully saturated rings.